The van der Waals surface area contributed by atoms with E-state index in [4.69, 9.17) is 0 Å². The van der Waals surface area contributed by atoms with Crippen LogP contribution in [0.2, 0.25) is 0 Å². The first-order valence-corrected chi connectivity index (χ1v) is 7.29. The van der Waals surface area contributed by atoms with E-state index in [-0.39, 0.29) is 5.78 Å². The van der Waals surface area contributed by atoms with E-state index in [2.05, 4.69) is 4.98 Å². The average Bonchev–Trinajstić information content (AvgIpc) is 2.97. The van der Waals surface area contributed by atoms with Crippen molar-refractivity contribution in [2.45, 2.75) is 6.42 Å². The van der Waals surface area contributed by atoms with Crippen molar-refractivity contribution < 1.29 is 4.79 Å². The molecule has 0 saturated carbocycles. The van der Waals surface area contributed by atoms with Gasteiger partial charge < -0.3 is 0 Å². The van der Waals surface area contributed by atoms with Crippen molar-refractivity contribution in [3.63, 3.8) is 0 Å². The third-order valence-electron chi connectivity index (χ3n) is 3.03. The second-order valence-corrected chi connectivity index (χ2v) is 5.40. The molecule has 0 fully saturated rings. The van der Waals surface area contributed by atoms with Crippen molar-refractivity contribution in [2.24, 2.45) is 0 Å². The van der Waals surface area contributed by atoms with Crippen molar-refractivity contribution in [3.05, 3.63) is 76.6 Å². The van der Waals surface area contributed by atoms with Gasteiger partial charge >= 0.3 is 0 Å². The Morgan fingerprint density at radius 3 is 2.30 bits per heavy atom. The van der Waals surface area contributed by atoms with Gasteiger partial charge in [-0.1, -0.05) is 60.7 Å². The second-order valence-electron chi connectivity index (χ2n) is 4.46. The Bertz CT molecular complexity index is 704. The fourth-order valence-corrected chi connectivity index (χ4v) is 2.80. The van der Waals surface area contributed by atoms with Crippen molar-refractivity contribution in [1.29, 1.82) is 0 Å². The highest BCUT2D eigenvalue weighted by Crippen LogP contribution is 2.22. The first-order chi connectivity index (χ1) is 9.83. The summed E-state index contributed by atoms with van der Waals surface area (Å²) in [4.78, 5) is 16.7. The molecule has 1 aromatic heterocycles. The van der Waals surface area contributed by atoms with Gasteiger partial charge in [-0.2, -0.15) is 0 Å². The van der Waals surface area contributed by atoms with Crippen LogP contribution < -0.4 is 0 Å². The van der Waals surface area contributed by atoms with E-state index in [0.29, 0.717) is 6.42 Å². The molecule has 3 rings (SSSR count). The number of Topliss-reactive ketones (excluding diaryl/α,β-unsaturated/α-hetero) is 1. The molecule has 0 aliphatic rings. The van der Waals surface area contributed by atoms with Crippen LogP contribution in [0.15, 0.2) is 66.0 Å². The topological polar surface area (TPSA) is 30.0 Å². The minimum atomic E-state index is 0.111. The first-order valence-electron chi connectivity index (χ1n) is 6.41. The molecule has 0 N–H and O–H groups in total. The van der Waals surface area contributed by atoms with E-state index in [1.54, 1.807) is 0 Å². The summed E-state index contributed by atoms with van der Waals surface area (Å²) in [6.45, 7) is 0. The molecule has 0 radical (unpaired) electrons. The van der Waals surface area contributed by atoms with Crippen LogP contribution in [0.5, 0.6) is 0 Å². The standard InChI is InChI=1S/C17H13NOS/c19-16(14-9-5-2-6-10-14)11-17-18-15(12-20-17)13-7-3-1-4-8-13/h1-10,12H,11H2. The largest absolute Gasteiger partial charge is 0.294 e. The molecule has 2 nitrogen and oxygen atoms in total. The molecule has 0 unspecified atom stereocenters. The number of hydrogen-bond acceptors (Lipinski definition) is 3. The van der Waals surface area contributed by atoms with Crippen LogP contribution in [-0.2, 0) is 6.42 Å². The van der Waals surface area contributed by atoms with Gasteiger partial charge in [0, 0.05) is 16.5 Å². The minimum Gasteiger partial charge on any atom is -0.294 e. The number of carbonyl (C=O) groups is 1. The SMILES string of the molecule is O=C(Cc1nc(-c2ccccc2)cs1)c1ccccc1. The van der Waals surface area contributed by atoms with Gasteiger partial charge in [-0.15, -0.1) is 11.3 Å². The van der Waals surface area contributed by atoms with E-state index in [1.165, 1.54) is 11.3 Å². The Labute approximate surface area is 121 Å². The highest BCUT2D eigenvalue weighted by atomic mass is 32.1. The lowest BCUT2D eigenvalue weighted by atomic mass is 10.1. The molecular weight excluding hydrogens is 266 g/mol. The lowest BCUT2D eigenvalue weighted by Crippen LogP contribution is -2.02. The number of nitrogens with zero attached hydrogens (tertiary/aromatic N) is 1. The number of rotatable bonds is 4. The van der Waals surface area contributed by atoms with Gasteiger partial charge in [-0.25, -0.2) is 4.98 Å². The maximum atomic E-state index is 12.1. The van der Waals surface area contributed by atoms with Crippen molar-refractivity contribution in [2.75, 3.05) is 0 Å². The molecular formula is C17H13NOS. The van der Waals surface area contributed by atoms with Gasteiger partial charge in [0.1, 0.15) is 5.01 Å². The molecule has 98 valence electrons. The van der Waals surface area contributed by atoms with Crippen LogP contribution in [0.4, 0.5) is 0 Å². The number of thiazole rings is 1. The molecule has 3 aromatic rings. The summed E-state index contributed by atoms with van der Waals surface area (Å²) in [7, 11) is 0. The smallest absolute Gasteiger partial charge is 0.169 e. The van der Waals surface area contributed by atoms with Crippen LogP contribution in [0.1, 0.15) is 15.4 Å². The summed E-state index contributed by atoms with van der Waals surface area (Å²) in [5.41, 5.74) is 2.76. The summed E-state index contributed by atoms with van der Waals surface area (Å²) in [6.07, 6.45) is 0.363. The molecule has 20 heavy (non-hydrogen) atoms. The predicted octanol–water partition coefficient (Wildman–Crippen LogP) is 4.24. The van der Waals surface area contributed by atoms with Crippen LogP contribution in [0, 0.1) is 0 Å². The van der Waals surface area contributed by atoms with E-state index in [9.17, 15) is 4.79 Å². The van der Waals surface area contributed by atoms with Crippen molar-refractivity contribution >= 4 is 17.1 Å². The highest BCUT2D eigenvalue weighted by Gasteiger charge is 2.10. The first kappa shape index (κ1) is 12.8. The van der Waals surface area contributed by atoms with Gasteiger partial charge in [0.05, 0.1) is 12.1 Å². The summed E-state index contributed by atoms with van der Waals surface area (Å²) in [5.74, 6) is 0.111. The van der Waals surface area contributed by atoms with Gasteiger partial charge in [0.25, 0.3) is 0 Å². The number of ketones is 1. The Morgan fingerprint density at radius 2 is 1.60 bits per heavy atom. The monoisotopic (exact) mass is 279 g/mol. The summed E-state index contributed by atoms with van der Waals surface area (Å²) >= 11 is 1.54. The zero-order chi connectivity index (χ0) is 13.8. The number of benzene rings is 2. The fraction of sp³-hybridized carbons (Fsp3) is 0.0588. The number of aromatic nitrogens is 1. The van der Waals surface area contributed by atoms with E-state index >= 15 is 0 Å². The van der Waals surface area contributed by atoms with Gasteiger partial charge in [-0.05, 0) is 0 Å². The molecule has 0 saturated heterocycles. The molecule has 0 atom stereocenters. The summed E-state index contributed by atoms with van der Waals surface area (Å²) in [6, 6.07) is 19.4. The minimum absolute atomic E-state index is 0.111. The Morgan fingerprint density at radius 1 is 0.950 bits per heavy atom. The quantitative estimate of drug-likeness (QED) is 0.669. The molecule has 3 heteroatoms. The van der Waals surface area contributed by atoms with Crippen LogP contribution in [0.3, 0.4) is 0 Å². The van der Waals surface area contributed by atoms with Crippen LogP contribution in [-0.4, -0.2) is 10.8 Å². The van der Waals surface area contributed by atoms with E-state index in [0.717, 1.165) is 21.8 Å². The molecule has 0 aliphatic heterocycles. The van der Waals surface area contributed by atoms with Crippen LogP contribution in [0.25, 0.3) is 11.3 Å². The Kier molecular flexibility index (Phi) is 3.70. The van der Waals surface area contributed by atoms with E-state index in [1.807, 2.05) is 66.0 Å². The second kappa shape index (κ2) is 5.80. The van der Waals surface area contributed by atoms with Crippen molar-refractivity contribution in [1.82, 2.24) is 4.98 Å². The van der Waals surface area contributed by atoms with E-state index < -0.39 is 0 Å². The van der Waals surface area contributed by atoms with Gasteiger partial charge in [-0.3, -0.25) is 4.79 Å². The average molecular weight is 279 g/mol. The molecule has 0 spiro atoms. The van der Waals surface area contributed by atoms with Crippen LogP contribution >= 0.6 is 11.3 Å². The van der Waals surface area contributed by atoms with Gasteiger partial charge in [0.15, 0.2) is 5.78 Å². The lowest BCUT2D eigenvalue weighted by molar-refractivity contribution is 0.0993. The maximum absolute atomic E-state index is 12.1. The summed E-state index contributed by atoms with van der Waals surface area (Å²) < 4.78 is 0. The predicted molar refractivity (Wildman–Crippen MR) is 82.0 cm³/mol. The fourth-order valence-electron chi connectivity index (χ4n) is 2.00. The molecule has 2 aromatic carbocycles. The zero-order valence-corrected chi connectivity index (χ0v) is 11.6. The molecule has 1 heterocycles. The normalized spacial score (nSPS) is 10.4. The Balaban J connectivity index is 1.77. The number of hydrogen-bond donors (Lipinski definition) is 0. The third kappa shape index (κ3) is 2.83. The highest BCUT2D eigenvalue weighted by molar-refractivity contribution is 7.10. The summed E-state index contributed by atoms with van der Waals surface area (Å²) in [5, 5.41) is 2.86. The maximum Gasteiger partial charge on any atom is 0.169 e. The number of carbonyl (C=O) groups excluding carboxylic acids is 1. The zero-order valence-electron chi connectivity index (χ0n) is 10.8. The molecule has 0 amide bonds. The third-order valence-corrected chi connectivity index (χ3v) is 3.88. The van der Waals surface area contributed by atoms with Gasteiger partial charge in [0.2, 0.25) is 0 Å². The van der Waals surface area contributed by atoms with Crippen molar-refractivity contribution in [3.8, 4) is 11.3 Å². The molecule has 0 bridgehead atoms. The Hall–Kier alpha value is -2.26. The molecule has 0 aliphatic carbocycles. The lowest BCUT2D eigenvalue weighted by Gasteiger charge is -1.98.